The Balaban J connectivity index is 2.27. The summed E-state index contributed by atoms with van der Waals surface area (Å²) in [4.78, 5) is 12.2. The lowest BCUT2D eigenvalue weighted by Gasteiger charge is -2.23. The maximum atomic E-state index is 12.8. The van der Waals surface area contributed by atoms with Crippen LogP contribution < -0.4 is 5.32 Å². The predicted molar refractivity (Wildman–Crippen MR) is 89.8 cm³/mol. The van der Waals surface area contributed by atoms with Crippen molar-refractivity contribution in [3.8, 4) is 0 Å². The van der Waals surface area contributed by atoms with Crippen molar-refractivity contribution in [3.63, 3.8) is 0 Å². The third kappa shape index (κ3) is 3.96. The normalized spacial score (nSPS) is 19.3. The van der Waals surface area contributed by atoms with E-state index in [1.54, 1.807) is 0 Å². The van der Waals surface area contributed by atoms with Crippen molar-refractivity contribution in [1.29, 1.82) is 0 Å². The fraction of sp³-hybridized carbons (Fsp3) is 0.533. The van der Waals surface area contributed by atoms with Gasteiger partial charge < -0.3 is 5.32 Å². The van der Waals surface area contributed by atoms with Crippen LogP contribution in [0.1, 0.15) is 26.2 Å². The first-order valence-corrected chi connectivity index (χ1v) is 11.1. The number of hydrogen-bond donors (Lipinski definition) is 1. The minimum atomic E-state index is -3.84. The molecule has 1 N–H and O–H groups in total. The Kier molecular flexibility index (Phi) is 5.67. The van der Waals surface area contributed by atoms with Crippen molar-refractivity contribution in [2.24, 2.45) is 0 Å². The number of sulfone groups is 1. The Morgan fingerprint density at radius 2 is 1.75 bits per heavy atom. The van der Waals surface area contributed by atoms with Gasteiger partial charge in [-0.3, -0.25) is 4.79 Å². The average Bonchev–Trinajstić information content (AvgIpc) is 3.02. The number of hydrogen-bond acceptors (Lipinski definition) is 5. The number of carbonyl (C=O) groups excluding carboxylic acids is 1. The lowest BCUT2D eigenvalue weighted by molar-refractivity contribution is -0.124. The van der Waals surface area contributed by atoms with Crippen LogP contribution in [0.5, 0.6) is 0 Å². The Labute approximate surface area is 143 Å². The molecule has 0 aromatic heterocycles. The van der Waals surface area contributed by atoms with Crippen LogP contribution in [0.2, 0.25) is 0 Å². The van der Waals surface area contributed by atoms with Gasteiger partial charge in [-0.05, 0) is 43.5 Å². The van der Waals surface area contributed by atoms with Gasteiger partial charge in [0.25, 0.3) is 0 Å². The van der Waals surface area contributed by atoms with Crippen molar-refractivity contribution >= 4 is 25.8 Å². The van der Waals surface area contributed by atoms with E-state index in [2.05, 4.69) is 5.32 Å². The quantitative estimate of drug-likeness (QED) is 0.793. The lowest BCUT2D eigenvalue weighted by atomic mass is 10.2. The van der Waals surface area contributed by atoms with Gasteiger partial charge in [0, 0.05) is 19.3 Å². The van der Waals surface area contributed by atoms with Crippen LogP contribution in [0, 0.1) is 0 Å². The highest BCUT2D eigenvalue weighted by Gasteiger charge is 2.39. The van der Waals surface area contributed by atoms with E-state index >= 15 is 0 Å². The SMILES string of the molecule is CCCNC(=O)[C@@H]1CCCN1S(=O)(=O)c1ccc(S(C)(=O)=O)cc1. The molecule has 1 aliphatic rings. The summed E-state index contributed by atoms with van der Waals surface area (Å²) in [6.07, 6.45) is 2.93. The molecule has 1 saturated heterocycles. The van der Waals surface area contributed by atoms with Gasteiger partial charge in [-0.2, -0.15) is 4.31 Å². The molecule has 1 aromatic carbocycles. The molecule has 0 bridgehead atoms. The summed E-state index contributed by atoms with van der Waals surface area (Å²) in [5, 5.41) is 2.73. The first kappa shape index (κ1) is 18.9. The summed E-state index contributed by atoms with van der Waals surface area (Å²) in [5.41, 5.74) is 0. The number of carbonyl (C=O) groups is 1. The van der Waals surface area contributed by atoms with Gasteiger partial charge in [0.1, 0.15) is 6.04 Å². The number of rotatable bonds is 6. The van der Waals surface area contributed by atoms with Crippen molar-refractivity contribution in [2.75, 3.05) is 19.3 Å². The van der Waals surface area contributed by atoms with E-state index in [4.69, 9.17) is 0 Å². The van der Waals surface area contributed by atoms with Gasteiger partial charge in [0.2, 0.25) is 15.9 Å². The molecule has 9 heteroatoms. The molecule has 0 spiro atoms. The number of benzene rings is 1. The maximum Gasteiger partial charge on any atom is 0.243 e. The highest BCUT2D eigenvalue weighted by Crippen LogP contribution is 2.27. The Morgan fingerprint density at radius 1 is 1.17 bits per heavy atom. The Bertz CT molecular complexity index is 801. The fourth-order valence-corrected chi connectivity index (χ4v) is 4.94. The van der Waals surface area contributed by atoms with E-state index in [1.165, 1.54) is 28.6 Å². The summed E-state index contributed by atoms with van der Waals surface area (Å²) >= 11 is 0. The van der Waals surface area contributed by atoms with Crippen molar-refractivity contribution in [2.45, 2.75) is 42.0 Å². The smallest absolute Gasteiger partial charge is 0.243 e. The molecule has 0 saturated carbocycles. The molecule has 0 unspecified atom stereocenters. The summed E-state index contributed by atoms with van der Waals surface area (Å²) in [7, 11) is -7.23. The van der Waals surface area contributed by atoms with Gasteiger partial charge in [-0.25, -0.2) is 16.8 Å². The van der Waals surface area contributed by atoms with E-state index in [-0.39, 0.29) is 22.2 Å². The highest BCUT2D eigenvalue weighted by atomic mass is 32.2. The van der Waals surface area contributed by atoms with Gasteiger partial charge in [-0.15, -0.1) is 0 Å². The molecule has 0 aliphatic carbocycles. The summed E-state index contributed by atoms with van der Waals surface area (Å²) in [5.74, 6) is -0.286. The van der Waals surface area contributed by atoms with Crippen LogP contribution in [0.25, 0.3) is 0 Å². The second kappa shape index (κ2) is 7.20. The fourth-order valence-electron chi connectivity index (χ4n) is 2.65. The molecule has 2 rings (SSSR count). The van der Waals surface area contributed by atoms with E-state index in [9.17, 15) is 21.6 Å². The number of nitrogens with one attached hydrogen (secondary N) is 1. The van der Waals surface area contributed by atoms with Crippen LogP contribution in [0.15, 0.2) is 34.1 Å². The molecular weight excluding hydrogens is 352 g/mol. The van der Waals surface area contributed by atoms with Gasteiger partial charge in [-0.1, -0.05) is 6.92 Å². The van der Waals surface area contributed by atoms with Crippen LogP contribution in [-0.2, 0) is 24.7 Å². The molecule has 7 nitrogen and oxygen atoms in total. The van der Waals surface area contributed by atoms with E-state index in [0.717, 1.165) is 12.7 Å². The topological polar surface area (TPSA) is 101 Å². The maximum absolute atomic E-state index is 12.8. The van der Waals surface area contributed by atoms with Crippen LogP contribution >= 0.6 is 0 Å². The third-order valence-corrected chi connectivity index (χ3v) is 6.96. The largest absolute Gasteiger partial charge is 0.355 e. The Morgan fingerprint density at radius 3 is 2.29 bits per heavy atom. The molecule has 1 aromatic rings. The van der Waals surface area contributed by atoms with Crippen LogP contribution in [-0.4, -0.2) is 52.4 Å². The minimum Gasteiger partial charge on any atom is -0.355 e. The van der Waals surface area contributed by atoms with Gasteiger partial charge in [0.15, 0.2) is 9.84 Å². The van der Waals surface area contributed by atoms with Crippen LogP contribution in [0.3, 0.4) is 0 Å². The number of sulfonamides is 1. The van der Waals surface area contributed by atoms with Crippen molar-refractivity contribution in [1.82, 2.24) is 9.62 Å². The zero-order valence-corrected chi connectivity index (χ0v) is 15.4. The lowest BCUT2D eigenvalue weighted by Crippen LogP contribution is -2.46. The summed E-state index contributed by atoms with van der Waals surface area (Å²) < 4.78 is 49.7. The molecule has 1 amide bonds. The van der Waals surface area contributed by atoms with E-state index < -0.39 is 25.9 Å². The first-order chi connectivity index (χ1) is 11.2. The Hall–Kier alpha value is -1.45. The molecule has 134 valence electrons. The average molecular weight is 374 g/mol. The summed E-state index contributed by atoms with van der Waals surface area (Å²) in [6, 6.07) is 4.36. The van der Waals surface area contributed by atoms with E-state index in [0.29, 0.717) is 19.4 Å². The van der Waals surface area contributed by atoms with Crippen LogP contribution in [0.4, 0.5) is 0 Å². The molecule has 1 fully saturated rings. The molecular formula is C15H22N2O5S2. The predicted octanol–water partition coefficient (Wildman–Crippen LogP) is 0.769. The van der Waals surface area contributed by atoms with Gasteiger partial charge >= 0.3 is 0 Å². The standard InChI is InChI=1S/C15H22N2O5S2/c1-3-10-16-15(18)14-5-4-11-17(14)24(21,22)13-8-6-12(7-9-13)23(2,19)20/h6-9,14H,3-5,10-11H2,1-2H3,(H,16,18)/t14-/m0/s1. The number of amides is 1. The molecule has 1 heterocycles. The second-order valence-corrected chi connectivity index (χ2v) is 9.71. The first-order valence-electron chi connectivity index (χ1n) is 7.77. The number of nitrogens with zero attached hydrogens (tertiary/aromatic N) is 1. The van der Waals surface area contributed by atoms with Gasteiger partial charge in [0.05, 0.1) is 9.79 Å². The second-order valence-electron chi connectivity index (χ2n) is 5.81. The van der Waals surface area contributed by atoms with Crippen molar-refractivity contribution in [3.05, 3.63) is 24.3 Å². The molecule has 24 heavy (non-hydrogen) atoms. The van der Waals surface area contributed by atoms with E-state index in [1.807, 2.05) is 6.92 Å². The van der Waals surface area contributed by atoms with Crippen molar-refractivity contribution < 1.29 is 21.6 Å². The minimum absolute atomic E-state index is 0.00917. The monoisotopic (exact) mass is 374 g/mol. The third-order valence-electron chi connectivity index (χ3n) is 3.91. The zero-order chi connectivity index (χ0) is 18.0. The molecule has 0 radical (unpaired) electrons. The summed E-state index contributed by atoms with van der Waals surface area (Å²) in [6.45, 7) is 2.71. The molecule has 1 atom stereocenters. The zero-order valence-electron chi connectivity index (χ0n) is 13.7. The highest BCUT2D eigenvalue weighted by molar-refractivity contribution is 7.90. The molecule has 1 aliphatic heterocycles.